The van der Waals surface area contributed by atoms with Gasteiger partial charge in [0.25, 0.3) is 0 Å². The molecule has 0 saturated carbocycles. The number of nitrogens with zero attached hydrogens (tertiary/aromatic N) is 1. The Labute approximate surface area is 170 Å². The highest BCUT2D eigenvalue weighted by atomic mass is 32.1. The molecule has 1 atom stereocenters. The number of hydrogen-bond donors (Lipinski definition) is 1. The van der Waals surface area contributed by atoms with E-state index in [9.17, 15) is 9.59 Å². The first-order valence-corrected chi connectivity index (χ1v) is 10.9. The van der Waals surface area contributed by atoms with Crippen LogP contribution < -0.4 is 5.32 Å². The molecule has 2 fully saturated rings. The number of rotatable bonds is 7. The molecule has 28 heavy (non-hydrogen) atoms. The molecule has 8 heteroatoms. The van der Waals surface area contributed by atoms with Crippen molar-refractivity contribution in [3.05, 3.63) is 16.0 Å². The first kappa shape index (κ1) is 21.2. The highest BCUT2D eigenvalue weighted by Crippen LogP contribution is 2.34. The molecule has 0 bridgehead atoms. The number of thiophene rings is 1. The third-order valence-corrected chi connectivity index (χ3v) is 6.33. The first-order valence-electron chi connectivity index (χ1n) is 10.1. The first-order chi connectivity index (χ1) is 13.5. The number of carbonyl (C=O) groups is 2. The van der Waals surface area contributed by atoms with Crippen LogP contribution in [-0.4, -0.2) is 62.0 Å². The predicted octanol–water partition coefficient (Wildman–Crippen LogP) is 2.96. The Hall–Kier alpha value is -1.48. The number of carbonyl (C=O) groups excluding carboxylic acids is 2. The van der Waals surface area contributed by atoms with Gasteiger partial charge in [0.1, 0.15) is 5.00 Å². The van der Waals surface area contributed by atoms with E-state index in [2.05, 4.69) is 10.2 Å². The second-order valence-electron chi connectivity index (χ2n) is 7.11. The number of esters is 1. The van der Waals surface area contributed by atoms with Crippen LogP contribution in [0.5, 0.6) is 0 Å². The normalized spacial score (nSPS) is 21.0. The largest absolute Gasteiger partial charge is 0.462 e. The van der Waals surface area contributed by atoms with Crippen LogP contribution in [0.15, 0.2) is 0 Å². The molecule has 3 rings (SSSR count). The van der Waals surface area contributed by atoms with Crippen molar-refractivity contribution >= 4 is 28.2 Å². The number of amides is 1. The van der Waals surface area contributed by atoms with Gasteiger partial charge in [-0.25, -0.2) is 4.79 Å². The van der Waals surface area contributed by atoms with E-state index in [-0.39, 0.29) is 30.8 Å². The van der Waals surface area contributed by atoms with Crippen LogP contribution in [-0.2, 0) is 25.4 Å². The lowest BCUT2D eigenvalue weighted by atomic mass is 10.0. The van der Waals surface area contributed by atoms with Gasteiger partial charge in [-0.05, 0) is 45.2 Å². The molecule has 2 aliphatic heterocycles. The van der Waals surface area contributed by atoms with E-state index in [1.807, 2.05) is 13.8 Å². The smallest absolute Gasteiger partial charge is 0.341 e. The van der Waals surface area contributed by atoms with Gasteiger partial charge in [0.05, 0.1) is 38.0 Å². The topological polar surface area (TPSA) is 77.1 Å². The number of nitrogens with one attached hydrogen (secondary N) is 1. The number of likely N-dealkylation sites (tertiary alicyclic amines) is 1. The van der Waals surface area contributed by atoms with E-state index in [1.165, 1.54) is 11.3 Å². The summed E-state index contributed by atoms with van der Waals surface area (Å²) in [5.74, 6) is -0.498. The SMILES string of the molecule is CCOC(=O)c1c(NC(=O)CN2CCCCC2C2OCCO2)sc(C)c1CC. The zero-order chi connectivity index (χ0) is 20.1. The van der Waals surface area contributed by atoms with Gasteiger partial charge in [-0.1, -0.05) is 13.3 Å². The Morgan fingerprint density at radius 1 is 1.25 bits per heavy atom. The van der Waals surface area contributed by atoms with Crippen molar-refractivity contribution in [3.63, 3.8) is 0 Å². The third kappa shape index (κ3) is 4.74. The quantitative estimate of drug-likeness (QED) is 0.697. The maximum atomic E-state index is 12.8. The average molecular weight is 411 g/mol. The fraction of sp³-hybridized carbons (Fsp3) is 0.700. The zero-order valence-electron chi connectivity index (χ0n) is 16.9. The number of anilines is 1. The van der Waals surface area contributed by atoms with Crippen molar-refractivity contribution in [1.82, 2.24) is 4.90 Å². The molecule has 2 aliphatic rings. The molecule has 1 aromatic heterocycles. The van der Waals surface area contributed by atoms with Crippen molar-refractivity contribution in [2.75, 3.05) is 38.2 Å². The summed E-state index contributed by atoms with van der Waals surface area (Å²) in [5.41, 5.74) is 1.44. The van der Waals surface area contributed by atoms with Gasteiger partial charge in [-0.15, -0.1) is 11.3 Å². The number of aryl methyl sites for hydroxylation is 1. The maximum Gasteiger partial charge on any atom is 0.341 e. The van der Waals surface area contributed by atoms with Gasteiger partial charge < -0.3 is 19.5 Å². The Morgan fingerprint density at radius 2 is 2.00 bits per heavy atom. The van der Waals surface area contributed by atoms with E-state index in [1.54, 1.807) is 6.92 Å². The van der Waals surface area contributed by atoms with Crippen molar-refractivity contribution in [2.45, 2.75) is 58.8 Å². The van der Waals surface area contributed by atoms with Crippen LogP contribution in [0.2, 0.25) is 0 Å². The molecule has 1 N–H and O–H groups in total. The summed E-state index contributed by atoms with van der Waals surface area (Å²) < 4.78 is 16.6. The summed E-state index contributed by atoms with van der Waals surface area (Å²) in [6.45, 7) is 8.38. The van der Waals surface area contributed by atoms with Crippen LogP contribution in [0.3, 0.4) is 0 Å². The Balaban J connectivity index is 1.71. The predicted molar refractivity (Wildman–Crippen MR) is 108 cm³/mol. The molecule has 1 unspecified atom stereocenters. The minimum absolute atomic E-state index is 0.0998. The highest BCUT2D eigenvalue weighted by molar-refractivity contribution is 7.16. The highest BCUT2D eigenvalue weighted by Gasteiger charge is 2.34. The number of piperidine rings is 1. The summed E-state index contributed by atoms with van der Waals surface area (Å²) in [4.78, 5) is 28.4. The maximum absolute atomic E-state index is 12.8. The fourth-order valence-electron chi connectivity index (χ4n) is 3.98. The van der Waals surface area contributed by atoms with E-state index in [0.29, 0.717) is 30.4 Å². The lowest BCUT2D eigenvalue weighted by Gasteiger charge is -2.37. The third-order valence-electron chi connectivity index (χ3n) is 5.27. The summed E-state index contributed by atoms with van der Waals surface area (Å²) in [5, 5.41) is 3.54. The summed E-state index contributed by atoms with van der Waals surface area (Å²) in [6.07, 6.45) is 3.60. The molecule has 0 aromatic carbocycles. The van der Waals surface area contributed by atoms with Crippen molar-refractivity contribution in [2.24, 2.45) is 0 Å². The van der Waals surface area contributed by atoms with E-state index in [0.717, 1.165) is 42.7 Å². The van der Waals surface area contributed by atoms with Gasteiger partial charge in [0.15, 0.2) is 6.29 Å². The lowest BCUT2D eigenvalue weighted by Crippen LogP contribution is -2.50. The average Bonchev–Trinajstić information content (AvgIpc) is 3.30. The molecule has 156 valence electrons. The monoisotopic (exact) mass is 410 g/mol. The van der Waals surface area contributed by atoms with Crippen LogP contribution in [0.25, 0.3) is 0 Å². The fourth-order valence-corrected chi connectivity index (χ4v) is 5.13. The minimum Gasteiger partial charge on any atom is -0.462 e. The van der Waals surface area contributed by atoms with Gasteiger partial charge in [0.2, 0.25) is 5.91 Å². The molecule has 3 heterocycles. The molecule has 0 radical (unpaired) electrons. The molecule has 2 saturated heterocycles. The molecule has 0 spiro atoms. The van der Waals surface area contributed by atoms with E-state index >= 15 is 0 Å². The Bertz CT molecular complexity index is 699. The number of ether oxygens (including phenoxy) is 3. The van der Waals surface area contributed by atoms with Crippen molar-refractivity contribution < 1.29 is 23.8 Å². The van der Waals surface area contributed by atoms with Gasteiger partial charge in [-0.3, -0.25) is 9.69 Å². The second-order valence-corrected chi connectivity index (χ2v) is 8.33. The van der Waals surface area contributed by atoms with Crippen LogP contribution in [0, 0.1) is 6.92 Å². The van der Waals surface area contributed by atoms with Gasteiger partial charge in [0, 0.05) is 4.88 Å². The van der Waals surface area contributed by atoms with E-state index < -0.39 is 0 Å². The minimum atomic E-state index is -0.373. The second kappa shape index (κ2) is 9.82. The number of hydrogen-bond acceptors (Lipinski definition) is 7. The Kier molecular flexibility index (Phi) is 7.45. The molecular weight excluding hydrogens is 380 g/mol. The lowest BCUT2D eigenvalue weighted by molar-refractivity contribution is -0.127. The van der Waals surface area contributed by atoms with Crippen molar-refractivity contribution in [1.29, 1.82) is 0 Å². The van der Waals surface area contributed by atoms with Crippen LogP contribution in [0.1, 0.15) is 53.9 Å². The summed E-state index contributed by atoms with van der Waals surface area (Å²) in [7, 11) is 0. The van der Waals surface area contributed by atoms with Gasteiger partial charge >= 0.3 is 5.97 Å². The van der Waals surface area contributed by atoms with Gasteiger partial charge in [-0.2, -0.15) is 0 Å². The molecule has 7 nitrogen and oxygen atoms in total. The summed E-state index contributed by atoms with van der Waals surface area (Å²) >= 11 is 1.44. The summed E-state index contributed by atoms with van der Waals surface area (Å²) in [6, 6.07) is 0.0998. The molecular formula is C20H30N2O5S. The Morgan fingerprint density at radius 3 is 2.68 bits per heavy atom. The van der Waals surface area contributed by atoms with Crippen molar-refractivity contribution in [3.8, 4) is 0 Å². The van der Waals surface area contributed by atoms with E-state index in [4.69, 9.17) is 14.2 Å². The molecule has 1 aromatic rings. The zero-order valence-corrected chi connectivity index (χ0v) is 17.7. The van der Waals surface area contributed by atoms with Crippen LogP contribution in [0.4, 0.5) is 5.00 Å². The molecule has 0 aliphatic carbocycles. The standard InChI is InChI=1S/C20H30N2O5S/c1-4-14-13(3)28-18(17(14)19(24)25-5-2)21-16(23)12-22-9-7-6-8-15(22)20-26-10-11-27-20/h15,20H,4-12H2,1-3H3,(H,21,23). The molecule has 1 amide bonds. The van der Waals surface area contributed by atoms with Crippen LogP contribution >= 0.6 is 11.3 Å².